The number of anilines is 2. The summed E-state index contributed by atoms with van der Waals surface area (Å²) in [5, 5.41) is 3.57. The highest BCUT2D eigenvalue weighted by atomic mass is 32.1. The van der Waals surface area contributed by atoms with Gasteiger partial charge in [-0.15, -0.1) is 0 Å². The third kappa shape index (κ3) is 4.80. The number of carbonyl (C=O) groups is 2. The first-order chi connectivity index (χ1) is 14.0. The summed E-state index contributed by atoms with van der Waals surface area (Å²) in [7, 11) is 2.61. The van der Waals surface area contributed by atoms with Crippen molar-refractivity contribution in [3.05, 3.63) is 53.7 Å². The largest absolute Gasteiger partial charge is 0.465 e. The zero-order chi connectivity index (χ0) is 20.8. The molecule has 29 heavy (non-hydrogen) atoms. The minimum absolute atomic E-state index is 0.292. The SMILES string of the molecule is COC(=O)c1ccc(C(=O)OC)c(NC(=S)N2CCN(c3cccc[nH+]3)CC2)c1. The molecular weight excluding hydrogens is 392 g/mol. The Labute approximate surface area is 174 Å². The van der Waals surface area contributed by atoms with Gasteiger partial charge in [-0.25, -0.2) is 14.6 Å². The zero-order valence-corrected chi connectivity index (χ0v) is 17.1. The Morgan fingerprint density at radius 3 is 2.38 bits per heavy atom. The highest BCUT2D eigenvalue weighted by molar-refractivity contribution is 7.80. The number of nitrogens with one attached hydrogen (secondary N) is 2. The topological polar surface area (TPSA) is 85.2 Å². The number of piperazine rings is 1. The van der Waals surface area contributed by atoms with Crippen molar-refractivity contribution < 1.29 is 24.0 Å². The van der Waals surface area contributed by atoms with Crippen LogP contribution in [0.25, 0.3) is 0 Å². The number of aromatic amines is 1. The first kappa shape index (κ1) is 20.5. The number of hydrogen-bond acceptors (Lipinski definition) is 6. The molecule has 0 atom stereocenters. The maximum Gasteiger partial charge on any atom is 0.339 e. The van der Waals surface area contributed by atoms with Gasteiger partial charge in [0.15, 0.2) is 5.11 Å². The van der Waals surface area contributed by atoms with E-state index in [-0.39, 0.29) is 0 Å². The number of ether oxygens (including phenoxy) is 2. The number of methoxy groups -OCH3 is 2. The van der Waals surface area contributed by atoms with Gasteiger partial charge >= 0.3 is 11.9 Å². The number of benzene rings is 1. The molecule has 9 heteroatoms. The fraction of sp³-hybridized carbons (Fsp3) is 0.300. The number of hydrogen-bond donors (Lipinski definition) is 1. The first-order valence-electron chi connectivity index (χ1n) is 9.11. The van der Waals surface area contributed by atoms with Gasteiger partial charge in [-0.05, 0) is 36.5 Å². The monoisotopic (exact) mass is 415 g/mol. The van der Waals surface area contributed by atoms with E-state index < -0.39 is 11.9 Å². The summed E-state index contributed by atoms with van der Waals surface area (Å²) in [5.41, 5.74) is 1.01. The van der Waals surface area contributed by atoms with Gasteiger partial charge in [-0.1, -0.05) is 6.07 Å². The molecule has 8 nitrogen and oxygen atoms in total. The van der Waals surface area contributed by atoms with E-state index in [2.05, 4.69) is 15.2 Å². The Kier molecular flexibility index (Phi) is 6.61. The van der Waals surface area contributed by atoms with Crippen LogP contribution in [0, 0.1) is 0 Å². The lowest BCUT2D eigenvalue weighted by atomic mass is 10.1. The fourth-order valence-corrected chi connectivity index (χ4v) is 3.40. The Balaban J connectivity index is 1.71. The lowest BCUT2D eigenvalue weighted by Crippen LogP contribution is -2.51. The van der Waals surface area contributed by atoms with Crippen molar-refractivity contribution in [1.29, 1.82) is 0 Å². The van der Waals surface area contributed by atoms with E-state index >= 15 is 0 Å². The Morgan fingerprint density at radius 1 is 1.03 bits per heavy atom. The van der Waals surface area contributed by atoms with E-state index in [4.69, 9.17) is 21.7 Å². The second kappa shape index (κ2) is 9.33. The summed E-state index contributed by atoms with van der Waals surface area (Å²) in [6.07, 6.45) is 1.90. The molecule has 0 bridgehead atoms. The molecule has 0 radical (unpaired) electrons. The summed E-state index contributed by atoms with van der Waals surface area (Å²) in [6.45, 7) is 3.04. The third-order valence-electron chi connectivity index (χ3n) is 4.69. The van der Waals surface area contributed by atoms with E-state index in [1.165, 1.54) is 26.4 Å². The van der Waals surface area contributed by atoms with Crippen molar-refractivity contribution in [2.75, 3.05) is 50.6 Å². The predicted molar refractivity (Wildman–Crippen MR) is 112 cm³/mol. The van der Waals surface area contributed by atoms with Crippen LogP contribution in [0.2, 0.25) is 0 Å². The summed E-state index contributed by atoms with van der Waals surface area (Å²) in [4.78, 5) is 31.5. The molecule has 0 aliphatic carbocycles. The van der Waals surface area contributed by atoms with E-state index in [1.54, 1.807) is 6.07 Å². The molecule has 1 aromatic carbocycles. The first-order valence-corrected chi connectivity index (χ1v) is 9.52. The van der Waals surface area contributed by atoms with Crippen molar-refractivity contribution in [3.8, 4) is 0 Å². The smallest absolute Gasteiger partial charge is 0.339 e. The number of esters is 2. The number of aromatic nitrogens is 1. The fourth-order valence-electron chi connectivity index (χ4n) is 3.11. The standard InChI is InChI=1S/C20H22N4O4S/c1-27-18(25)14-6-7-15(19(26)28-2)16(13-14)22-20(29)24-11-9-23(10-12-24)17-5-3-4-8-21-17/h3-8,13H,9-12H2,1-2H3,(H,22,29)/p+1. The van der Waals surface area contributed by atoms with E-state index in [0.717, 1.165) is 32.0 Å². The average Bonchev–Trinajstić information content (AvgIpc) is 2.78. The number of carbonyl (C=O) groups excluding carboxylic acids is 2. The molecule has 2 N–H and O–H groups in total. The molecule has 152 valence electrons. The molecule has 1 fully saturated rings. The third-order valence-corrected chi connectivity index (χ3v) is 5.05. The molecule has 1 saturated heterocycles. The predicted octanol–water partition coefficient (Wildman–Crippen LogP) is 1.59. The van der Waals surface area contributed by atoms with Crippen molar-refractivity contribution in [3.63, 3.8) is 0 Å². The van der Waals surface area contributed by atoms with Crippen LogP contribution in [0.4, 0.5) is 11.5 Å². The van der Waals surface area contributed by atoms with Crippen molar-refractivity contribution >= 4 is 40.8 Å². The van der Waals surface area contributed by atoms with Crippen molar-refractivity contribution in [2.45, 2.75) is 0 Å². The number of rotatable bonds is 4. The van der Waals surface area contributed by atoms with Gasteiger partial charge in [0.25, 0.3) is 5.82 Å². The number of thiocarbonyl (C=S) groups is 1. The lowest BCUT2D eigenvalue weighted by Gasteiger charge is -2.33. The van der Waals surface area contributed by atoms with Crippen LogP contribution in [0.5, 0.6) is 0 Å². The maximum atomic E-state index is 12.1. The molecule has 0 unspecified atom stereocenters. The molecule has 2 aromatic rings. The molecule has 0 spiro atoms. The van der Waals surface area contributed by atoms with Gasteiger partial charge in [-0.3, -0.25) is 4.90 Å². The minimum atomic E-state index is -0.517. The van der Waals surface area contributed by atoms with Crippen LogP contribution in [0.3, 0.4) is 0 Å². The summed E-state index contributed by atoms with van der Waals surface area (Å²) in [6, 6.07) is 10.5. The van der Waals surface area contributed by atoms with E-state index in [0.29, 0.717) is 21.9 Å². The van der Waals surface area contributed by atoms with Gasteiger partial charge in [-0.2, -0.15) is 0 Å². The van der Waals surface area contributed by atoms with Crippen molar-refractivity contribution in [2.24, 2.45) is 0 Å². The molecule has 3 rings (SSSR count). The molecular formula is C20H23N4O4S+. The Hall–Kier alpha value is -3.20. The van der Waals surface area contributed by atoms with Crippen LogP contribution in [0.1, 0.15) is 20.7 Å². The van der Waals surface area contributed by atoms with Crippen LogP contribution in [0.15, 0.2) is 42.6 Å². The van der Waals surface area contributed by atoms with Gasteiger partial charge in [0.1, 0.15) is 13.1 Å². The second-order valence-electron chi connectivity index (χ2n) is 6.40. The van der Waals surface area contributed by atoms with Crippen molar-refractivity contribution in [1.82, 2.24) is 4.90 Å². The molecule has 2 heterocycles. The average molecular weight is 415 g/mol. The molecule has 0 saturated carbocycles. The van der Waals surface area contributed by atoms with E-state index in [1.807, 2.05) is 29.3 Å². The van der Waals surface area contributed by atoms with Crippen LogP contribution in [-0.2, 0) is 9.47 Å². The van der Waals surface area contributed by atoms with Crippen LogP contribution in [-0.4, -0.2) is 62.3 Å². The molecule has 1 aliphatic heterocycles. The van der Waals surface area contributed by atoms with Crippen LogP contribution >= 0.6 is 12.2 Å². The highest BCUT2D eigenvalue weighted by Crippen LogP contribution is 2.21. The number of H-pyrrole nitrogens is 1. The van der Waals surface area contributed by atoms with Gasteiger partial charge in [0.05, 0.1) is 50.3 Å². The lowest BCUT2D eigenvalue weighted by molar-refractivity contribution is -0.364. The van der Waals surface area contributed by atoms with E-state index in [9.17, 15) is 9.59 Å². The van der Waals surface area contributed by atoms with Gasteiger partial charge in [0.2, 0.25) is 0 Å². The number of nitrogens with zero attached hydrogens (tertiary/aromatic N) is 2. The minimum Gasteiger partial charge on any atom is -0.465 e. The quantitative estimate of drug-likeness (QED) is 0.595. The maximum absolute atomic E-state index is 12.1. The van der Waals surface area contributed by atoms with Gasteiger partial charge < -0.3 is 19.7 Å². The summed E-state index contributed by atoms with van der Waals surface area (Å²) >= 11 is 5.55. The van der Waals surface area contributed by atoms with Gasteiger partial charge in [0, 0.05) is 6.07 Å². The second-order valence-corrected chi connectivity index (χ2v) is 6.78. The normalized spacial score (nSPS) is 13.6. The Bertz CT molecular complexity index is 899. The van der Waals surface area contributed by atoms with Crippen LogP contribution < -0.4 is 15.2 Å². The summed E-state index contributed by atoms with van der Waals surface area (Å²) in [5.74, 6) is 0.0454. The zero-order valence-electron chi connectivity index (χ0n) is 16.3. The molecule has 1 aromatic heterocycles. The molecule has 0 amide bonds. The molecule has 1 aliphatic rings. The highest BCUT2D eigenvalue weighted by Gasteiger charge is 2.25. The number of pyridine rings is 1. The summed E-state index contributed by atoms with van der Waals surface area (Å²) < 4.78 is 9.59. The Morgan fingerprint density at radius 2 is 1.76 bits per heavy atom.